The second-order valence-electron chi connectivity index (χ2n) is 2.95. The lowest BCUT2D eigenvalue weighted by Crippen LogP contribution is -1.89. The summed E-state index contributed by atoms with van der Waals surface area (Å²) in [5.74, 6) is 0.837. The molecule has 2 aromatic rings. The largest absolute Gasteiger partial charge is 0.339 e. The summed E-state index contributed by atoms with van der Waals surface area (Å²) in [6, 6.07) is 10.1. The minimum absolute atomic E-state index is 0.837. The molecular formula is C10H11N3. The molecule has 3 heteroatoms. The quantitative estimate of drug-likeness (QED) is 0.732. The average Bonchev–Trinajstić information content (AvgIpc) is 2.62. The molecule has 0 saturated carbocycles. The molecule has 13 heavy (non-hydrogen) atoms. The Morgan fingerprint density at radius 2 is 1.92 bits per heavy atom. The van der Waals surface area contributed by atoms with Gasteiger partial charge in [-0.15, -0.1) is 0 Å². The molecule has 3 nitrogen and oxygen atoms in total. The van der Waals surface area contributed by atoms with E-state index in [4.69, 9.17) is 0 Å². The molecule has 1 aromatic heterocycles. The number of aryl methyl sites for hydroxylation is 1. The van der Waals surface area contributed by atoms with Gasteiger partial charge in [-0.05, 0) is 19.1 Å². The van der Waals surface area contributed by atoms with E-state index in [-0.39, 0.29) is 0 Å². The van der Waals surface area contributed by atoms with Crippen molar-refractivity contribution in [1.82, 2.24) is 10.2 Å². The molecule has 0 saturated heterocycles. The number of rotatable bonds is 2. The van der Waals surface area contributed by atoms with Crippen molar-refractivity contribution >= 4 is 11.5 Å². The molecule has 2 N–H and O–H groups in total. The van der Waals surface area contributed by atoms with E-state index < -0.39 is 0 Å². The van der Waals surface area contributed by atoms with Gasteiger partial charge in [0.25, 0.3) is 0 Å². The van der Waals surface area contributed by atoms with Crippen molar-refractivity contribution in [2.24, 2.45) is 0 Å². The number of nitrogens with one attached hydrogen (secondary N) is 2. The average molecular weight is 173 g/mol. The van der Waals surface area contributed by atoms with Gasteiger partial charge in [-0.1, -0.05) is 17.7 Å². The van der Waals surface area contributed by atoms with E-state index in [0.717, 1.165) is 11.5 Å². The smallest absolute Gasteiger partial charge is 0.152 e. The predicted octanol–water partition coefficient (Wildman–Crippen LogP) is 2.46. The summed E-state index contributed by atoms with van der Waals surface area (Å²) in [7, 11) is 0. The van der Waals surface area contributed by atoms with Gasteiger partial charge in [0, 0.05) is 18.0 Å². The maximum Gasteiger partial charge on any atom is 0.152 e. The second-order valence-corrected chi connectivity index (χ2v) is 2.95. The van der Waals surface area contributed by atoms with Crippen LogP contribution in [-0.2, 0) is 0 Å². The summed E-state index contributed by atoms with van der Waals surface area (Å²) in [6.07, 6.45) is 1.79. The van der Waals surface area contributed by atoms with Crippen molar-refractivity contribution in [2.45, 2.75) is 6.92 Å². The van der Waals surface area contributed by atoms with Gasteiger partial charge in [0.2, 0.25) is 0 Å². The van der Waals surface area contributed by atoms with Gasteiger partial charge < -0.3 is 5.32 Å². The first-order valence-corrected chi connectivity index (χ1v) is 4.18. The van der Waals surface area contributed by atoms with Crippen molar-refractivity contribution in [2.75, 3.05) is 5.32 Å². The monoisotopic (exact) mass is 173 g/mol. The molecule has 2 rings (SSSR count). The van der Waals surface area contributed by atoms with Crippen LogP contribution in [0.25, 0.3) is 0 Å². The lowest BCUT2D eigenvalue weighted by atomic mass is 10.2. The molecule has 0 aliphatic rings. The van der Waals surface area contributed by atoms with Gasteiger partial charge in [0.1, 0.15) is 0 Å². The van der Waals surface area contributed by atoms with E-state index in [1.807, 2.05) is 18.2 Å². The summed E-state index contributed by atoms with van der Waals surface area (Å²) in [5, 5.41) is 9.92. The molecule has 0 amide bonds. The second kappa shape index (κ2) is 3.31. The summed E-state index contributed by atoms with van der Waals surface area (Å²) >= 11 is 0. The lowest BCUT2D eigenvalue weighted by Gasteiger charge is -2.01. The van der Waals surface area contributed by atoms with Gasteiger partial charge in [-0.3, -0.25) is 5.10 Å². The molecule has 66 valence electrons. The third-order valence-electron chi connectivity index (χ3n) is 1.82. The molecule has 0 fully saturated rings. The van der Waals surface area contributed by atoms with Crippen LogP contribution in [0.15, 0.2) is 36.5 Å². The molecule has 0 radical (unpaired) electrons. The van der Waals surface area contributed by atoms with Gasteiger partial charge in [0.05, 0.1) is 0 Å². The van der Waals surface area contributed by atoms with Gasteiger partial charge >= 0.3 is 0 Å². The minimum atomic E-state index is 0.837. The Morgan fingerprint density at radius 1 is 1.15 bits per heavy atom. The van der Waals surface area contributed by atoms with E-state index in [2.05, 4.69) is 34.6 Å². The Kier molecular flexibility index (Phi) is 2.00. The zero-order valence-electron chi connectivity index (χ0n) is 7.41. The first-order chi connectivity index (χ1) is 6.34. The van der Waals surface area contributed by atoms with Crippen LogP contribution in [0, 0.1) is 6.92 Å². The Balaban J connectivity index is 2.15. The molecule has 0 aliphatic heterocycles. The molecular weight excluding hydrogens is 162 g/mol. The summed E-state index contributed by atoms with van der Waals surface area (Å²) in [4.78, 5) is 0. The van der Waals surface area contributed by atoms with Crippen LogP contribution < -0.4 is 5.32 Å². The van der Waals surface area contributed by atoms with E-state index in [9.17, 15) is 0 Å². The first-order valence-electron chi connectivity index (χ1n) is 4.18. The Hall–Kier alpha value is -1.77. The van der Waals surface area contributed by atoms with Crippen molar-refractivity contribution < 1.29 is 0 Å². The molecule has 1 heterocycles. The molecule has 0 unspecified atom stereocenters. The molecule has 0 bridgehead atoms. The van der Waals surface area contributed by atoms with Crippen LogP contribution in [0.5, 0.6) is 0 Å². The van der Waals surface area contributed by atoms with E-state index >= 15 is 0 Å². The summed E-state index contributed by atoms with van der Waals surface area (Å²) in [6.45, 7) is 2.07. The fourth-order valence-electron chi connectivity index (χ4n) is 1.11. The van der Waals surface area contributed by atoms with Gasteiger partial charge in [0.15, 0.2) is 5.82 Å². The fraction of sp³-hybridized carbons (Fsp3) is 0.100. The normalized spacial score (nSPS) is 9.92. The van der Waals surface area contributed by atoms with Crippen LogP contribution in [0.4, 0.5) is 11.5 Å². The van der Waals surface area contributed by atoms with E-state index in [1.54, 1.807) is 6.20 Å². The van der Waals surface area contributed by atoms with E-state index in [1.165, 1.54) is 5.56 Å². The summed E-state index contributed by atoms with van der Waals surface area (Å²) < 4.78 is 0. The lowest BCUT2D eigenvalue weighted by molar-refractivity contribution is 1.09. The van der Waals surface area contributed by atoms with E-state index in [0.29, 0.717) is 0 Å². The Labute approximate surface area is 76.8 Å². The fourth-order valence-corrected chi connectivity index (χ4v) is 1.11. The highest BCUT2D eigenvalue weighted by Crippen LogP contribution is 2.13. The zero-order chi connectivity index (χ0) is 9.10. The number of hydrogen-bond acceptors (Lipinski definition) is 2. The zero-order valence-corrected chi connectivity index (χ0v) is 7.41. The Morgan fingerprint density at radius 3 is 2.54 bits per heavy atom. The number of hydrogen-bond donors (Lipinski definition) is 2. The van der Waals surface area contributed by atoms with Crippen molar-refractivity contribution in [3.8, 4) is 0 Å². The van der Waals surface area contributed by atoms with Crippen LogP contribution in [0.3, 0.4) is 0 Å². The maximum absolute atomic E-state index is 4.00. The van der Waals surface area contributed by atoms with Crippen LogP contribution in [-0.4, -0.2) is 10.2 Å². The van der Waals surface area contributed by atoms with Crippen molar-refractivity contribution in [1.29, 1.82) is 0 Å². The first kappa shape index (κ1) is 7.86. The van der Waals surface area contributed by atoms with Gasteiger partial charge in [-0.25, -0.2) is 0 Å². The standard InChI is InChI=1S/C10H11N3/c1-8-2-4-9(5-3-8)12-10-6-7-11-13-10/h2-7H,1H3,(H2,11,12,13). The number of benzene rings is 1. The van der Waals surface area contributed by atoms with Crippen LogP contribution in [0.1, 0.15) is 5.56 Å². The number of aromatic amines is 1. The van der Waals surface area contributed by atoms with Gasteiger partial charge in [-0.2, -0.15) is 5.10 Å². The number of aromatic nitrogens is 2. The number of nitrogens with zero attached hydrogens (tertiary/aromatic N) is 1. The summed E-state index contributed by atoms with van der Waals surface area (Å²) in [5.41, 5.74) is 2.31. The molecule has 0 spiro atoms. The third kappa shape index (κ3) is 1.87. The molecule has 1 aromatic carbocycles. The highest BCUT2D eigenvalue weighted by Gasteiger charge is 1.94. The van der Waals surface area contributed by atoms with Crippen molar-refractivity contribution in [3.63, 3.8) is 0 Å². The maximum atomic E-state index is 4.00. The predicted molar refractivity (Wildman–Crippen MR) is 53.0 cm³/mol. The molecule has 0 aliphatic carbocycles. The Bertz CT molecular complexity index is 362. The highest BCUT2D eigenvalue weighted by molar-refractivity contribution is 5.55. The third-order valence-corrected chi connectivity index (χ3v) is 1.82. The number of H-pyrrole nitrogens is 1. The number of anilines is 2. The van der Waals surface area contributed by atoms with Crippen LogP contribution in [0.2, 0.25) is 0 Å². The topological polar surface area (TPSA) is 40.7 Å². The minimum Gasteiger partial charge on any atom is -0.339 e. The van der Waals surface area contributed by atoms with Crippen molar-refractivity contribution in [3.05, 3.63) is 42.1 Å². The van der Waals surface area contributed by atoms with Crippen LogP contribution >= 0.6 is 0 Å². The molecule has 0 atom stereocenters. The SMILES string of the molecule is Cc1ccc(Nc2cc[nH]n2)cc1. The highest BCUT2D eigenvalue weighted by atomic mass is 15.2.